The average molecular weight is 837 g/mol. The van der Waals surface area contributed by atoms with Gasteiger partial charge in [0.25, 0.3) is 5.91 Å². The van der Waals surface area contributed by atoms with Crippen LogP contribution >= 0.6 is 11.3 Å². The number of nitrogens with one attached hydrogen (secondary N) is 2. The standard InChI is InChI=1S/C41H44F4N8O5S/c1-50(25-13-15-52(16-14-25)30-17-24(42)18-31-36(30)51(2)40(57)53(31)29-11-12-35(54)49-38(29)56)21-22-7-9-23(10-8-22)39-48-28-19-32(58-3)27(20-33(28)59-39)47-37(55)26-5-4-6-34(46-26)41(43,44)45/h4-6,17-20,22-23,25,29H,7-16,21H2,1-3H3,(H,47,55)(H,49,54,56)/t22-,23-,29?. The Balaban J connectivity index is 0.875. The van der Waals surface area contributed by atoms with Gasteiger partial charge < -0.3 is 19.9 Å². The number of rotatable bonds is 9. The summed E-state index contributed by atoms with van der Waals surface area (Å²) in [5.74, 6) is -1.10. The summed E-state index contributed by atoms with van der Waals surface area (Å²) < 4.78 is 63.9. The fourth-order valence-electron chi connectivity index (χ4n) is 8.94. The molecule has 0 bridgehead atoms. The third-order valence-corrected chi connectivity index (χ3v) is 13.2. The third kappa shape index (κ3) is 8.03. The number of ether oxygens (including phenoxy) is 1. The quantitative estimate of drug-likeness (QED) is 0.124. The predicted molar refractivity (Wildman–Crippen MR) is 214 cm³/mol. The van der Waals surface area contributed by atoms with Crippen LogP contribution in [-0.4, -0.2) is 81.6 Å². The van der Waals surface area contributed by atoms with Gasteiger partial charge in [0, 0.05) is 51.1 Å². The van der Waals surface area contributed by atoms with Gasteiger partial charge in [-0.1, -0.05) is 6.07 Å². The Bertz CT molecular complexity index is 2500. The maximum atomic E-state index is 15.2. The van der Waals surface area contributed by atoms with Gasteiger partial charge in [-0.2, -0.15) is 13.2 Å². The zero-order valence-electron chi connectivity index (χ0n) is 32.8. The molecule has 2 N–H and O–H groups in total. The second-order valence-corrected chi connectivity index (χ2v) is 16.8. The highest BCUT2D eigenvalue weighted by Gasteiger charge is 2.35. The molecule has 3 fully saturated rings. The first-order valence-electron chi connectivity index (χ1n) is 19.7. The maximum Gasteiger partial charge on any atom is 0.433 e. The first-order valence-corrected chi connectivity index (χ1v) is 20.5. The third-order valence-electron chi connectivity index (χ3n) is 12.1. The van der Waals surface area contributed by atoms with Crippen molar-refractivity contribution in [1.82, 2.24) is 29.3 Å². The molecule has 5 aromatic rings. The van der Waals surface area contributed by atoms with Crippen LogP contribution in [0, 0.1) is 11.7 Å². The van der Waals surface area contributed by atoms with Gasteiger partial charge in [-0.25, -0.2) is 19.2 Å². The Morgan fingerprint density at radius 3 is 2.46 bits per heavy atom. The van der Waals surface area contributed by atoms with E-state index in [1.54, 1.807) is 30.5 Å². The number of benzene rings is 2. The van der Waals surface area contributed by atoms with Crippen LogP contribution in [0.15, 0.2) is 47.3 Å². The van der Waals surface area contributed by atoms with E-state index in [0.29, 0.717) is 53.2 Å². The summed E-state index contributed by atoms with van der Waals surface area (Å²) in [4.78, 5) is 63.8. The lowest BCUT2D eigenvalue weighted by Gasteiger charge is -2.40. The number of halogens is 4. The number of alkyl halides is 3. The molecule has 18 heteroatoms. The number of aromatic nitrogens is 4. The van der Waals surface area contributed by atoms with E-state index in [-0.39, 0.29) is 30.4 Å². The number of nitrogens with zero attached hydrogens (tertiary/aromatic N) is 6. The highest BCUT2D eigenvalue weighted by atomic mass is 32.1. The van der Waals surface area contributed by atoms with Crippen LogP contribution in [0.25, 0.3) is 21.3 Å². The van der Waals surface area contributed by atoms with Gasteiger partial charge in [-0.05, 0) is 88.2 Å². The Labute approximate surface area is 340 Å². The lowest BCUT2D eigenvalue weighted by atomic mass is 9.82. The van der Waals surface area contributed by atoms with Crippen LogP contribution in [0.5, 0.6) is 5.75 Å². The topological polar surface area (TPSA) is 144 Å². The van der Waals surface area contributed by atoms with Crippen LogP contribution in [0.1, 0.15) is 84.5 Å². The second-order valence-electron chi connectivity index (χ2n) is 15.8. The number of thiazole rings is 1. The molecule has 1 saturated carbocycles. The van der Waals surface area contributed by atoms with Crippen LogP contribution < -0.4 is 26.0 Å². The molecule has 3 aromatic heterocycles. The smallest absolute Gasteiger partial charge is 0.433 e. The molecule has 1 atom stereocenters. The highest BCUT2D eigenvalue weighted by molar-refractivity contribution is 7.18. The number of pyridine rings is 1. The van der Waals surface area contributed by atoms with E-state index in [9.17, 15) is 32.3 Å². The minimum Gasteiger partial charge on any atom is -0.494 e. The molecule has 5 heterocycles. The van der Waals surface area contributed by atoms with Crippen molar-refractivity contribution in [1.29, 1.82) is 0 Å². The number of carbonyl (C=O) groups excluding carboxylic acids is 3. The van der Waals surface area contributed by atoms with E-state index >= 15 is 4.39 Å². The SMILES string of the molecule is COc1cc2nc([C@H]3CC[C@H](CN(C)C4CCN(c5cc(F)cc6c5n(C)c(=O)n6C5CCC(=O)NC5=O)CC4)CC3)sc2cc1NC(=O)c1cccc(C(F)(F)F)n1. The molecule has 0 radical (unpaired) electrons. The van der Waals surface area contributed by atoms with Gasteiger partial charge in [0.1, 0.15) is 29.0 Å². The Morgan fingerprint density at radius 1 is 1.02 bits per heavy atom. The molecule has 1 unspecified atom stereocenters. The molecular formula is C41H44F4N8O5S. The first-order chi connectivity index (χ1) is 28.2. The number of methoxy groups -OCH3 is 1. The van der Waals surface area contributed by atoms with E-state index < -0.39 is 41.2 Å². The lowest BCUT2D eigenvalue weighted by Crippen LogP contribution is -2.45. The molecule has 13 nitrogen and oxygen atoms in total. The van der Waals surface area contributed by atoms with Gasteiger partial charge in [-0.3, -0.25) is 28.8 Å². The Morgan fingerprint density at radius 2 is 1.76 bits per heavy atom. The van der Waals surface area contributed by atoms with Crippen molar-refractivity contribution in [2.75, 3.05) is 44.0 Å². The van der Waals surface area contributed by atoms with Gasteiger partial charge in [0.2, 0.25) is 11.8 Å². The van der Waals surface area contributed by atoms with Crippen molar-refractivity contribution >= 4 is 61.7 Å². The Hall–Kier alpha value is -5.36. The van der Waals surface area contributed by atoms with E-state index in [0.717, 1.165) is 72.4 Å². The van der Waals surface area contributed by atoms with Gasteiger partial charge in [0.05, 0.1) is 44.7 Å². The molecule has 59 heavy (non-hydrogen) atoms. The minimum absolute atomic E-state index is 0.104. The van der Waals surface area contributed by atoms with Crippen molar-refractivity contribution < 1.29 is 36.7 Å². The van der Waals surface area contributed by atoms with E-state index in [1.807, 2.05) is 0 Å². The molecule has 1 aliphatic carbocycles. The van der Waals surface area contributed by atoms with Crippen LogP contribution in [-0.2, 0) is 22.8 Å². The number of amides is 3. The van der Waals surface area contributed by atoms with Crippen LogP contribution in [0.2, 0.25) is 0 Å². The van der Waals surface area contributed by atoms with Crippen LogP contribution in [0.3, 0.4) is 0 Å². The number of carbonyl (C=O) groups is 3. The van der Waals surface area contributed by atoms with Crippen LogP contribution in [0.4, 0.5) is 28.9 Å². The molecule has 2 aromatic carbocycles. The second kappa shape index (κ2) is 16.0. The van der Waals surface area contributed by atoms with Crippen molar-refractivity contribution in [3.05, 3.63) is 75.2 Å². The predicted octanol–water partition coefficient (Wildman–Crippen LogP) is 6.62. The number of hydrogen-bond donors (Lipinski definition) is 2. The number of imide groups is 1. The summed E-state index contributed by atoms with van der Waals surface area (Å²) in [5, 5.41) is 5.96. The Kier molecular flexibility index (Phi) is 11.0. The number of piperidine rings is 2. The van der Waals surface area contributed by atoms with Crippen molar-refractivity contribution in [2.45, 2.75) is 75.5 Å². The molecule has 312 valence electrons. The summed E-state index contributed by atoms with van der Waals surface area (Å²) in [5.41, 5.74) is 0.619. The molecule has 2 saturated heterocycles. The summed E-state index contributed by atoms with van der Waals surface area (Å²) in [6.07, 6.45) is 1.36. The molecule has 3 amide bonds. The zero-order chi connectivity index (χ0) is 41.7. The lowest BCUT2D eigenvalue weighted by molar-refractivity contribution is -0.141. The van der Waals surface area contributed by atoms with Crippen molar-refractivity contribution in [2.24, 2.45) is 13.0 Å². The van der Waals surface area contributed by atoms with Crippen molar-refractivity contribution in [3.8, 4) is 5.75 Å². The molecule has 8 rings (SSSR count). The number of aryl methyl sites for hydroxylation is 1. The average Bonchev–Trinajstić information content (AvgIpc) is 3.74. The number of anilines is 2. The maximum absolute atomic E-state index is 15.2. The van der Waals surface area contributed by atoms with E-state index in [2.05, 4.69) is 32.5 Å². The fraction of sp³-hybridized carbons (Fsp3) is 0.463. The molecular weight excluding hydrogens is 793 g/mol. The minimum atomic E-state index is -4.68. The van der Waals surface area contributed by atoms with E-state index in [4.69, 9.17) is 9.72 Å². The molecule has 0 spiro atoms. The molecule has 2 aliphatic heterocycles. The zero-order valence-corrected chi connectivity index (χ0v) is 33.6. The summed E-state index contributed by atoms with van der Waals surface area (Å²) in [6.45, 7) is 2.30. The normalized spacial score (nSPS) is 20.7. The first kappa shape index (κ1) is 40.4. The summed E-state index contributed by atoms with van der Waals surface area (Å²) >= 11 is 1.54. The number of imidazole rings is 1. The van der Waals surface area contributed by atoms with Gasteiger partial charge in [-0.15, -0.1) is 11.3 Å². The highest BCUT2D eigenvalue weighted by Crippen LogP contribution is 2.42. The van der Waals surface area contributed by atoms with E-state index in [1.165, 1.54) is 34.4 Å². The summed E-state index contributed by atoms with van der Waals surface area (Å²) in [6, 6.07) is 8.84. The monoisotopic (exact) mass is 836 g/mol. The number of fused-ring (bicyclic) bond motifs is 2. The molecule has 3 aliphatic rings. The summed E-state index contributed by atoms with van der Waals surface area (Å²) in [7, 11) is 5.24. The number of hydrogen-bond acceptors (Lipinski definition) is 10. The van der Waals surface area contributed by atoms with Crippen molar-refractivity contribution in [3.63, 3.8) is 0 Å². The fourth-order valence-corrected chi connectivity index (χ4v) is 10.1. The van der Waals surface area contributed by atoms with Gasteiger partial charge >= 0.3 is 11.9 Å². The van der Waals surface area contributed by atoms with Gasteiger partial charge in [0.15, 0.2) is 0 Å². The largest absolute Gasteiger partial charge is 0.494 e.